The second-order valence-corrected chi connectivity index (χ2v) is 6.52. The van der Waals surface area contributed by atoms with Crippen LogP contribution >= 0.6 is 23.1 Å². The molecule has 0 radical (unpaired) electrons. The van der Waals surface area contributed by atoms with Crippen molar-refractivity contribution in [3.63, 3.8) is 0 Å². The van der Waals surface area contributed by atoms with Crippen LogP contribution < -0.4 is 0 Å². The van der Waals surface area contributed by atoms with Crippen LogP contribution in [0.3, 0.4) is 0 Å². The summed E-state index contributed by atoms with van der Waals surface area (Å²) in [7, 11) is 0. The highest BCUT2D eigenvalue weighted by Crippen LogP contribution is 2.28. The van der Waals surface area contributed by atoms with Crippen molar-refractivity contribution in [3.8, 4) is 11.3 Å². The number of thioether (sulfide) groups is 1. The number of aromatic nitrogens is 1. The highest BCUT2D eigenvalue weighted by Gasteiger charge is 2.08. The maximum absolute atomic E-state index is 10.7. The number of nitro benzene ring substituents is 1. The Balaban J connectivity index is 1.69. The Kier molecular flexibility index (Phi) is 4.50. The van der Waals surface area contributed by atoms with Gasteiger partial charge >= 0.3 is 0 Å². The summed E-state index contributed by atoms with van der Waals surface area (Å²) in [6, 6.07) is 16.7. The summed E-state index contributed by atoms with van der Waals surface area (Å²) in [5, 5.41) is 13.7. The van der Waals surface area contributed by atoms with Gasteiger partial charge in [0.05, 0.1) is 16.4 Å². The van der Waals surface area contributed by atoms with Crippen LogP contribution in [0.4, 0.5) is 5.69 Å². The van der Waals surface area contributed by atoms with E-state index in [2.05, 4.69) is 17.1 Å². The van der Waals surface area contributed by atoms with E-state index in [1.165, 1.54) is 17.0 Å². The lowest BCUT2D eigenvalue weighted by molar-refractivity contribution is -0.384. The van der Waals surface area contributed by atoms with Crippen molar-refractivity contribution < 1.29 is 4.92 Å². The van der Waals surface area contributed by atoms with Gasteiger partial charge in [0.15, 0.2) is 0 Å². The maximum Gasteiger partial charge on any atom is 0.269 e. The lowest BCUT2D eigenvalue weighted by atomic mass is 10.1. The molecule has 6 heteroatoms. The average Bonchev–Trinajstić information content (AvgIpc) is 3.03. The Hall–Kier alpha value is -2.18. The Morgan fingerprint density at radius 2 is 1.82 bits per heavy atom. The van der Waals surface area contributed by atoms with Crippen molar-refractivity contribution in [2.24, 2.45) is 0 Å². The molecule has 0 aliphatic rings. The fraction of sp³-hybridized carbons (Fsp3) is 0.0625. The number of benzene rings is 2. The first kappa shape index (κ1) is 14.7. The van der Waals surface area contributed by atoms with E-state index in [0.717, 1.165) is 22.0 Å². The molecular weight excluding hydrogens is 316 g/mol. The van der Waals surface area contributed by atoms with Crippen LogP contribution in [0.25, 0.3) is 11.3 Å². The summed E-state index contributed by atoms with van der Waals surface area (Å²) in [4.78, 5) is 16.1. The van der Waals surface area contributed by atoms with Gasteiger partial charge in [-0.25, -0.2) is 4.98 Å². The zero-order valence-electron chi connectivity index (χ0n) is 11.5. The average molecular weight is 328 g/mol. The molecule has 0 aliphatic carbocycles. The van der Waals surface area contributed by atoms with Gasteiger partial charge in [0.1, 0.15) is 5.01 Å². The van der Waals surface area contributed by atoms with Gasteiger partial charge in [0, 0.05) is 28.0 Å². The van der Waals surface area contributed by atoms with Crippen molar-refractivity contribution in [2.75, 3.05) is 0 Å². The normalized spacial score (nSPS) is 10.5. The van der Waals surface area contributed by atoms with Crippen molar-refractivity contribution in [1.82, 2.24) is 4.98 Å². The van der Waals surface area contributed by atoms with Crippen LogP contribution in [0.2, 0.25) is 0 Å². The molecule has 0 spiro atoms. The van der Waals surface area contributed by atoms with Gasteiger partial charge in [0.2, 0.25) is 0 Å². The second-order valence-electron chi connectivity index (χ2n) is 4.53. The summed E-state index contributed by atoms with van der Waals surface area (Å²) in [6.45, 7) is 0. The molecule has 1 aromatic heterocycles. The zero-order chi connectivity index (χ0) is 15.4. The Morgan fingerprint density at radius 1 is 1.09 bits per heavy atom. The quantitative estimate of drug-likeness (QED) is 0.375. The van der Waals surface area contributed by atoms with Gasteiger partial charge in [-0.2, -0.15) is 0 Å². The van der Waals surface area contributed by atoms with Crippen molar-refractivity contribution in [2.45, 2.75) is 10.6 Å². The van der Waals surface area contributed by atoms with E-state index in [4.69, 9.17) is 0 Å². The number of nitrogens with zero attached hydrogens (tertiary/aromatic N) is 2. The molecule has 3 rings (SSSR count). The molecule has 0 aliphatic heterocycles. The Bertz CT molecular complexity index is 770. The standard InChI is InChI=1S/C16H12N2O2S2/c19-18(20)13-8-6-12(7-9-13)15-10-22-16(17-15)11-21-14-4-2-1-3-5-14/h1-10H,11H2. The van der Waals surface area contributed by atoms with Crippen molar-refractivity contribution in [1.29, 1.82) is 0 Å². The molecular formula is C16H12N2O2S2. The summed E-state index contributed by atoms with van der Waals surface area (Å²) >= 11 is 3.36. The first-order valence-corrected chi connectivity index (χ1v) is 8.46. The van der Waals surface area contributed by atoms with Crippen molar-refractivity contribution >= 4 is 28.8 Å². The van der Waals surface area contributed by atoms with E-state index in [0.29, 0.717) is 0 Å². The fourth-order valence-electron chi connectivity index (χ4n) is 1.93. The van der Waals surface area contributed by atoms with Crippen molar-refractivity contribution in [3.05, 3.63) is 75.1 Å². The third-order valence-electron chi connectivity index (χ3n) is 3.03. The molecule has 110 valence electrons. The first-order valence-electron chi connectivity index (χ1n) is 6.59. The molecule has 0 atom stereocenters. The minimum atomic E-state index is -0.396. The number of rotatable bonds is 5. The minimum Gasteiger partial charge on any atom is -0.258 e. The lowest BCUT2D eigenvalue weighted by Gasteiger charge is -1.98. The topological polar surface area (TPSA) is 56.0 Å². The Morgan fingerprint density at radius 3 is 2.50 bits per heavy atom. The van der Waals surface area contributed by atoms with E-state index in [9.17, 15) is 10.1 Å². The first-order chi connectivity index (χ1) is 10.7. The van der Waals surface area contributed by atoms with E-state index < -0.39 is 4.92 Å². The third kappa shape index (κ3) is 3.52. The summed E-state index contributed by atoms with van der Waals surface area (Å²) in [5.41, 5.74) is 1.86. The molecule has 1 heterocycles. The number of hydrogen-bond acceptors (Lipinski definition) is 5. The van der Waals surface area contributed by atoms with E-state index in [-0.39, 0.29) is 5.69 Å². The second kappa shape index (κ2) is 6.72. The smallest absolute Gasteiger partial charge is 0.258 e. The van der Waals surface area contributed by atoms with Gasteiger partial charge in [-0.15, -0.1) is 23.1 Å². The SMILES string of the molecule is O=[N+]([O-])c1ccc(-c2csc(CSc3ccccc3)n2)cc1. The van der Waals surface area contributed by atoms with Gasteiger partial charge < -0.3 is 0 Å². The molecule has 2 aromatic carbocycles. The van der Waals surface area contributed by atoms with E-state index >= 15 is 0 Å². The number of non-ortho nitro benzene ring substituents is 1. The molecule has 0 N–H and O–H groups in total. The van der Waals surface area contributed by atoms with Gasteiger partial charge in [-0.1, -0.05) is 18.2 Å². The minimum absolute atomic E-state index is 0.0961. The molecule has 3 aromatic rings. The maximum atomic E-state index is 10.7. The fourth-order valence-corrected chi connectivity index (χ4v) is 3.67. The summed E-state index contributed by atoms with van der Waals surface area (Å²) in [5.74, 6) is 0.821. The lowest BCUT2D eigenvalue weighted by Crippen LogP contribution is -1.87. The molecule has 0 saturated heterocycles. The van der Waals surface area contributed by atoms with Crippen LogP contribution in [-0.2, 0) is 5.75 Å². The largest absolute Gasteiger partial charge is 0.269 e. The monoisotopic (exact) mass is 328 g/mol. The van der Waals surface area contributed by atoms with Crippen LogP contribution in [0, 0.1) is 10.1 Å². The highest BCUT2D eigenvalue weighted by molar-refractivity contribution is 7.98. The van der Waals surface area contributed by atoms with Gasteiger partial charge in [0.25, 0.3) is 5.69 Å². The molecule has 22 heavy (non-hydrogen) atoms. The number of thiazole rings is 1. The van der Waals surface area contributed by atoms with Crippen LogP contribution in [-0.4, -0.2) is 9.91 Å². The van der Waals surface area contributed by atoms with E-state index in [1.807, 2.05) is 23.6 Å². The molecule has 0 fully saturated rings. The van der Waals surface area contributed by atoms with Crippen LogP contribution in [0.15, 0.2) is 64.9 Å². The van der Waals surface area contributed by atoms with Gasteiger partial charge in [-0.3, -0.25) is 10.1 Å². The summed E-state index contributed by atoms with van der Waals surface area (Å²) in [6.07, 6.45) is 0. The zero-order valence-corrected chi connectivity index (χ0v) is 13.1. The third-order valence-corrected chi connectivity index (χ3v) is 5.09. The molecule has 0 unspecified atom stereocenters. The van der Waals surface area contributed by atoms with Gasteiger partial charge in [-0.05, 0) is 24.3 Å². The predicted octanol–water partition coefficient (Wildman–Crippen LogP) is 5.01. The number of nitro groups is 1. The molecule has 0 bridgehead atoms. The predicted molar refractivity (Wildman–Crippen MR) is 90.2 cm³/mol. The van der Waals surface area contributed by atoms with Crippen LogP contribution in [0.5, 0.6) is 0 Å². The number of hydrogen-bond donors (Lipinski definition) is 0. The molecule has 0 amide bonds. The summed E-state index contributed by atoms with van der Waals surface area (Å²) < 4.78 is 0. The molecule has 4 nitrogen and oxygen atoms in total. The molecule has 0 saturated carbocycles. The van der Waals surface area contributed by atoms with Crippen LogP contribution in [0.1, 0.15) is 5.01 Å². The highest BCUT2D eigenvalue weighted by atomic mass is 32.2. The Labute approximate surface area is 136 Å². The van der Waals surface area contributed by atoms with E-state index in [1.54, 1.807) is 35.2 Å².